The molecule has 0 fully saturated rings. The summed E-state index contributed by atoms with van der Waals surface area (Å²) < 4.78 is 0. The minimum atomic E-state index is -0.0991. The molecule has 2 N–H and O–H groups in total. The maximum Gasteiger partial charge on any atom is 0.0572 e. The van der Waals surface area contributed by atoms with Gasteiger partial charge in [-0.3, -0.25) is 4.98 Å². The molecule has 94 valence electrons. The molecular formula is C16H20N2. The van der Waals surface area contributed by atoms with Gasteiger partial charge in [0.1, 0.15) is 0 Å². The van der Waals surface area contributed by atoms with Gasteiger partial charge in [0.15, 0.2) is 0 Å². The Morgan fingerprint density at radius 3 is 2.22 bits per heavy atom. The Kier molecular flexibility index (Phi) is 3.48. The van der Waals surface area contributed by atoms with Gasteiger partial charge in [-0.15, -0.1) is 0 Å². The van der Waals surface area contributed by atoms with Crippen molar-refractivity contribution in [2.24, 2.45) is 5.73 Å². The van der Waals surface area contributed by atoms with E-state index < -0.39 is 0 Å². The maximum atomic E-state index is 6.40. The summed E-state index contributed by atoms with van der Waals surface area (Å²) in [5.41, 5.74) is 13.7. The van der Waals surface area contributed by atoms with Gasteiger partial charge < -0.3 is 5.73 Å². The summed E-state index contributed by atoms with van der Waals surface area (Å²) in [5.74, 6) is 0. The van der Waals surface area contributed by atoms with Crippen LogP contribution in [0.15, 0.2) is 30.6 Å². The Balaban J connectivity index is 2.50. The van der Waals surface area contributed by atoms with E-state index in [1.54, 1.807) is 6.20 Å². The van der Waals surface area contributed by atoms with Crippen LogP contribution in [0.2, 0.25) is 0 Å². The smallest absolute Gasteiger partial charge is 0.0572 e. The molecule has 1 heterocycles. The molecule has 0 bridgehead atoms. The molecule has 0 radical (unpaired) electrons. The molecule has 18 heavy (non-hydrogen) atoms. The fraction of sp³-hybridized carbons (Fsp3) is 0.312. The number of aryl methyl sites for hydroxylation is 4. The number of nitrogens with zero attached hydrogens (tertiary/aromatic N) is 1. The molecular weight excluding hydrogens is 220 g/mol. The Bertz CT molecular complexity index is 573. The zero-order chi connectivity index (χ0) is 13.3. The third kappa shape index (κ3) is 2.29. The normalized spacial score (nSPS) is 12.5. The highest BCUT2D eigenvalue weighted by Gasteiger charge is 2.14. The monoisotopic (exact) mass is 240 g/mol. The summed E-state index contributed by atoms with van der Waals surface area (Å²) in [4.78, 5) is 4.18. The van der Waals surface area contributed by atoms with Gasteiger partial charge in [0, 0.05) is 12.4 Å². The second kappa shape index (κ2) is 4.91. The first kappa shape index (κ1) is 12.8. The predicted octanol–water partition coefficient (Wildman–Crippen LogP) is 3.36. The number of hydrogen-bond acceptors (Lipinski definition) is 2. The SMILES string of the molecule is Cc1cc(C)c(C(N)c2cnccc2C)cc1C. The van der Waals surface area contributed by atoms with Gasteiger partial charge in [-0.05, 0) is 67.1 Å². The number of hydrogen-bond donors (Lipinski definition) is 1. The highest BCUT2D eigenvalue weighted by Crippen LogP contribution is 2.26. The van der Waals surface area contributed by atoms with Gasteiger partial charge >= 0.3 is 0 Å². The Morgan fingerprint density at radius 2 is 1.56 bits per heavy atom. The third-order valence-corrected chi connectivity index (χ3v) is 3.63. The van der Waals surface area contributed by atoms with Crippen LogP contribution in [0.4, 0.5) is 0 Å². The standard InChI is InChI=1S/C16H20N2/c1-10-5-6-18-9-15(10)16(17)14-8-12(3)11(2)7-13(14)4/h5-9,16H,17H2,1-4H3. The highest BCUT2D eigenvalue weighted by atomic mass is 14.7. The number of pyridine rings is 1. The van der Waals surface area contributed by atoms with Crippen molar-refractivity contribution < 1.29 is 0 Å². The van der Waals surface area contributed by atoms with Crippen molar-refractivity contribution >= 4 is 0 Å². The molecule has 0 aliphatic carbocycles. The van der Waals surface area contributed by atoms with Crippen molar-refractivity contribution in [1.29, 1.82) is 0 Å². The average molecular weight is 240 g/mol. The van der Waals surface area contributed by atoms with Crippen molar-refractivity contribution in [1.82, 2.24) is 4.98 Å². The lowest BCUT2D eigenvalue weighted by Gasteiger charge is -2.18. The van der Waals surface area contributed by atoms with E-state index in [0.29, 0.717) is 0 Å². The van der Waals surface area contributed by atoms with Crippen LogP contribution in [0.25, 0.3) is 0 Å². The topological polar surface area (TPSA) is 38.9 Å². The zero-order valence-electron chi connectivity index (χ0n) is 11.5. The highest BCUT2D eigenvalue weighted by molar-refractivity contribution is 5.43. The van der Waals surface area contributed by atoms with Gasteiger partial charge in [-0.25, -0.2) is 0 Å². The van der Waals surface area contributed by atoms with E-state index in [9.17, 15) is 0 Å². The first-order valence-electron chi connectivity index (χ1n) is 6.24. The van der Waals surface area contributed by atoms with Crippen molar-refractivity contribution in [2.75, 3.05) is 0 Å². The number of aromatic nitrogens is 1. The van der Waals surface area contributed by atoms with Gasteiger partial charge in [0.25, 0.3) is 0 Å². The molecule has 0 saturated carbocycles. The molecule has 0 amide bonds. The van der Waals surface area contributed by atoms with Crippen LogP contribution in [0.1, 0.15) is 39.4 Å². The first-order valence-corrected chi connectivity index (χ1v) is 6.24. The first-order chi connectivity index (χ1) is 8.50. The van der Waals surface area contributed by atoms with Gasteiger partial charge in [0.05, 0.1) is 6.04 Å². The fourth-order valence-corrected chi connectivity index (χ4v) is 2.29. The third-order valence-electron chi connectivity index (χ3n) is 3.63. The van der Waals surface area contributed by atoms with E-state index >= 15 is 0 Å². The van der Waals surface area contributed by atoms with Crippen molar-refractivity contribution in [3.63, 3.8) is 0 Å². The van der Waals surface area contributed by atoms with Crippen LogP contribution in [0.3, 0.4) is 0 Å². The molecule has 0 aliphatic heterocycles. The van der Waals surface area contributed by atoms with Gasteiger partial charge in [0.2, 0.25) is 0 Å². The fourth-order valence-electron chi connectivity index (χ4n) is 2.29. The summed E-state index contributed by atoms with van der Waals surface area (Å²) in [6.07, 6.45) is 3.67. The molecule has 1 unspecified atom stereocenters. The number of rotatable bonds is 2. The molecule has 1 aromatic carbocycles. The van der Waals surface area contributed by atoms with E-state index in [2.05, 4.69) is 44.8 Å². The van der Waals surface area contributed by atoms with Gasteiger partial charge in [-0.1, -0.05) is 12.1 Å². The summed E-state index contributed by atoms with van der Waals surface area (Å²) in [7, 11) is 0. The molecule has 0 aliphatic rings. The van der Waals surface area contributed by atoms with E-state index in [1.807, 2.05) is 12.3 Å². The lowest BCUT2D eigenvalue weighted by Crippen LogP contribution is -2.15. The van der Waals surface area contributed by atoms with Crippen LogP contribution < -0.4 is 5.73 Å². The minimum Gasteiger partial charge on any atom is -0.320 e. The largest absolute Gasteiger partial charge is 0.320 e. The summed E-state index contributed by atoms with van der Waals surface area (Å²) in [5, 5.41) is 0. The average Bonchev–Trinajstić information content (AvgIpc) is 2.33. The Labute approximate surface area is 109 Å². The van der Waals surface area contributed by atoms with E-state index in [0.717, 1.165) is 5.56 Å². The molecule has 1 atom stereocenters. The lowest BCUT2D eigenvalue weighted by molar-refractivity contribution is 0.841. The van der Waals surface area contributed by atoms with Crippen molar-refractivity contribution in [3.05, 3.63) is 64.0 Å². The minimum absolute atomic E-state index is 0.0991. The number of benzene rings is 1. The van der Waals surface area contributed by atoms with Gasteiger partial charge in [-0.2, -0.15) is 0 Å². The quantitative estimate of drug-likeness (QED) is 0.874. The molecule has 2 rings (SSSR count). The number of nitrogens with two attached hydrogens (primary N) is 1. The van der Waals surface area contributed by atoms with Crippen LogP contribution in [0.5, 0.6) is 0 Å². The van der Waals surface area contributed by atoms with E-state index in [1.165, 1.54) is 27.8 Å². The summed E-state index contributed by atoms with van der Waals surface area (Å²) in [6.45, 7) is 8.45. The molecule has 0 spiro atoms. The molecule has 2 aromatic rings. The van der Waals surface area contributed by atoms with Crippen LogP contribution in [-0.2, 0) is 0 Å². The van der Waals surface area contributed by atoms with Crippen LogP contribution in [-0.4, -0.2) is 4.98 Å². The summed E-state index contributed by atoms with van der Waals surface area (Å²) >= 11 is 0. The molecule has 0 saturated heterocycles. The van der Waals surface area contributed by atoms with E-state index in [4.69, 9.17) is 5.73 Å². The van der Waals surface area contributed by atoms with Crippen molar-refractivity contribution in [3.8, 4) is 0 Å². The molecule has 1 aromatic heterocycles. The zero-order valence-corrected chi connectivity index (χ0v) is 11.5. The Morgan fingerprint density at radius 1 is 0.889 bits per heavy atom. The molecule has 2 nitrogen and oxygen atoms in total. The summed E-state index contributed by atoms with van der Waals surface area (Å²) in [6, 6.07) is 6.31. The predicted molar refractivity (Wildman–Crippen MR) is 75.7 cm³/mol. The second-order valence-corrected chi connectivity index (χ2v) is 5.00. The van der Waals surface area contributed by atoms with Crippen molar-refractivity contribution in [2.45, 2.75) is 33.7 Å². The van der Waals surface area contributed by atoms with Crippen LogP contribution in [0, 0.1) is 27.7 Å². The Hall–Kier alpha value is -1.67. The second-order valence-electron chi connectivity index (χ2n) is 5.00. The van der Waals surface area contributed by atoms with Crippen LogP contribution >= 0.6 is 0 Å². The lowest BCUT2D eigenvalue weighted by atomic mass is 9.91. The molecule has 2 heteroatoms. The maximum absolute atomic E-state index is 6.40. The van der Waals surface area contributed by atoms with E-state index in [-0.39, 0.29) is 6.04 Å².